The van der Waals surface area contributed by atoms with Gasteiger partial charge in [0.2, 0.25) is 11.2 Å². The molecule has 0 amide bonds. The van der Waals surface area contributed by atoms with Gasteiger partial charge in [-0.15, -0.1) is 0 Å². The van der Waals surface area contributed by atoms with Gasteiger partial charge in [0.1, 0.15) is 0 Å². The molecule has 5 heteroatoms. The molecule has 1 aromatic heterocycles. The lowest BCUT2D eigenvalue weighted by Gasteiger charge is -2.13. The molecular formula is C20H19NO4. The lowest BCUT2D eigenvalue weighted by molar-refractivity contribution is -0.332. The number of rotatable bonds is 5. The highest BCUT2D eigenvalue weighted by Gasteiger charge is 2.20. The quantitative estimate of drug-likeness (QED) is 0.713. The second kappa shape index (κ2) is 6.81. The summed E-state index contributed by atoms with van der Waals surface area (Å²) in [6.07, 6.45) is -0.170. The van der Waals surface area contributed by atoms with Crippen LogP contribution in [0, 0.1) is 6.92 Å². The number of pyridine rings is 1. The molecular weight excluding hydrogens is 318 g/mol. The molecule has 3 aromatic rings. The van der Waals surface area contributed by atoms with Crippen molar-refractivity contribution in [2.75, 3.05) is 14.2 Å². The third-order valence-electron chi connectivity index (χ3n) is 4.34. The van der Waals surface area contributed by atoms with Gasteiger partial charge in [-0.05, 0) is 36.8 Å². The summed E-state index contributed by atoms with van der Waals surface area (Å²) < 4.78 is 10.6. The topological polar surface area (TPSA) is 72.7 Å². The number of carbonyl (C=O) groups excluding carboxylic acids is 1. The number of hydrogen-bond acceptors (Lipinski definition) is 4. The minimum Gasteiger partial charge on any atom is -0.550 e. The molecule has 0 aliphatic heterocycles. The van der Waals surface area contributed by atoms with Crippen LogP contribution in [0.15, 0.2) is 42.5 Å². The second-order valence-electron chi connectivity index (χ2n) is 5.77. The Hall–Kier alpha value is -3.08. The smallest absolute Gasteiger partial charge is 0.215 e. The van der Waals surface area contributed by atoms with Gasteiger partial charge in [0.15, 0.2) is 11.5 Å². The van der Waals surface area contributed by atoms with Gasteiger partial charge in [-0.2, -0.15) is 0 Å². The van der Waals surface area contributed by atoms with Crippen molar-refractivity contribution in [3.05, 3.63) is 53.6 Å². The van der Waals surface area contributed by atoms with Crippen molar-refractivity contribution < 1.29 is 24.4 Å². The fourth-order valence-corrected chi connectivity index (χ4v) is 3.08. The van der Waals surface area contributed by atoms with Crippen LogP contribution in [0.2, 0.25) is 0 Å². The van der Waals surface area contributed by atoms with Crippen molar-refractivity contribution in [1.29, 1.82) is 0 Å². The summed E-state index contributed by atoms with van der Waals surface area (Å²) in [5.74, 6) is 0.0809. The number of nitrogens with one attached hydrogen (secondary N) is 1. The molecule has 0 unspecified atom stereocenters. The third-order valence-corrected chi connectivity index (χ3v) is 4.34. The van der Waals surface area contributed by atoms with Crippen molar-refractivity contribution >= 4 is 16.9 Å². The molecule has 0 radical (unpaired) electrons. The highest BCUT2D eigenvalue weighted by Crippen LogP contribution is 2.34. The first-order chi connectivity index (χ1) is 12.0. The van der Waals surface area contributed by atoms with Crippen LogP contribution in [0.25, 0.3) is 22.2 Å². The van der Waals surface area contributed by atoms with Gasteiger partial charge in [0.25, 0.3) is 0 Å². The van der Waals surface area contributed by atoms with E-state index in [4.69, 9.17) is 9.47 Å². The number of benzene rings is 2. The summed E-state index contributed by atoms with van der Waals surface area (Å²) >= 11 is 0. The molecule has 0 aliphatic rings. The predicted molar refractivity (Wildman–Crippen MR) is 92.5 cm³/mol. The molecule has 0 spiro atoms. The predicted octanol–water partition coefficient (Wildman–Crippen LogP) is 1.94. The molecule has 0 saturated heterocycles. The molecule has 128 valence electrons. The van der Waals surface area contributed by atoms with Crippen LogP contribution in [0.3, 0.4) is 0 Å². The van der Waals surface area contributed by atoms with Crippen molar-refractivity contribution in [3.63, 3.8) is 0 Å². The molecule has 1 heterocycles. The average molecular weight is 337 g/mol. The van der Waals surface area contributed by atoms with E-state index in [0.29, 0.717) is 17.1 Å². The number of H-pyrrole nitrogens is 1. The van der Waals surface area contributed by atoms with Crippen molar-refractivity contribution in [2.24, 2.45) is 0 Å². The molecule has 25 heavy (non-hydrogen) atoms. The van der Waals surface area contributed by atoms with E-state index in [0.717, 1.165) is 27.7 Å². The standard InChI is InChI=1S/C20H19NO4/c1-12-14-6-4-5-7-16(14)21-20(15(12)11-19(22)23)13-8-9-17(24-2)18(10-13)25-3/h4-10H,11H2,1-3H3,(H,22,23). The van der Waals surface area contributed by atoms with Gasteiger partial charge in [-0.25, -0.2) is 4.98 Å². The number of hydrogen-bond donors (Lipinski definition) is 0. The number of aromatic nitrogens is 1. The number of ether oxygens (including phenoxy) is 2. The minimum atomic E-state index is -1.12. The van der Waals surface area contributed by atoms with Gasteiger partial charge in [-0.1, -0.05) is 12.1 Å². The summed E-state index contributed by atoms with van der Waals surface area (Å²) in [5.41, 5.74) is 4.12. The second-order valence-corrected chi connectivity index (χ2v) is 5.77. The van der Waals surface area contributed by atoms with E-state index in [2.05, 4.69) is 4.98 Å². The number of carboxylic acid groups (broad SMARTS) is 1. The van der Waals surface area contributed by atoms with Crippen molar-refractivity contribution in [3.8, 4) is 22.8 Å². The highest BCUT2D eigenvalue weighted by molar-refractivity contribution is 5.85. The summed E-state index contributed by atoms with van der Waals surface area (Å²) in [6.45, 7) is 1.93. The van der Waals surface area contributed by atoms with Crippen LogP contribution < -0.4 is 19.6 Å². The Morgan fingerprint density at radius 1 is 1.08 bits per heavy atom. The first-order valence-corrected chi connectivity index (χ1v) is 7.91. The van der Waals surface area contributed by atoms with Crippen LogP contribution in [-0.4, -0.2) is 20.2 Å². The van der Waals surface area contributed by atoms with E-state index in [1.807, 2.05) is 43.3 Å². The molecule has 0 bridgehead atoms. The van der Waals surface area contributed by atoms with Crippen molar-refractivity contribution in [1.82, 2.24) is 0 Å². The number of carbonyl (C=O) groups is 1. The summed E-state index contributed by atoms with van der Waals surface area (Å²) in [4.78, 5) is 14.7. The lowest BCUT2D eigenvalue weighted by Crippen LogP contribution is -2.26. The largest absolute Gasteiger partial charge is 0.550 e. The van der Waals surface area contributed by atoms with Gasteiger partial charge in [-0.3, -0.25) is 0 Å². The number of para-hydroxylation sites is 1. The van der Waals surface area contributed by atoms with Gasteiger partial charge in [0.05, 0.1) is 19.8 Å². The maximum absolute atomic E-state index is 11.3. The normalized spacial score (nSPS) is 10.7. The van der Waals surface area contributed by atoms with Gasteiger partial charge < -0.3 is 19.4 Å². The highest BCUT2D eigenvalue weighted by atomic mass is 16.5. The monoisotopic (exact) mass is 337 g/mol. The van der Waals surface area contributed by atoms with E-state index in [1.54, 1.807) is 20.3 Å². The summed E-state index contributed by atoms with van der Waals surface area (Å²) in [6, 6.07) is 13.3. The van der Waals surface area contributed by atoms with Crippen molar-refractivity contribution in [2.45, 2.75) is 13.3 Å². The Kier molecular flexibility index (Phi) is 4.57. The van der Waals surface area contributed by atoms with Crippen LogP contribution >= 0.6 is 0 Å². The van der Waals surface area contributed by atoms with Crippen LogP contribution in [0.1, 0.15) is 11.1 Å². The molecule has 0 saturated carbocycles. The Morgan fingerprint density at radius 3 is 2.48 bits per heavy atom. The molecule has 0 atom stereocenters. The molecule has 2 aromatic carbocycles. The van der Waals surface area contributed by atoms with E-state index < -0.39 is 5.97 Å². The van der Waals surface area contributed by atoms with Gasteiger partial charge in [0, 0.05) is 29.4 Å². The van der Waals surface area contributed by atoms with E-state index in [9.17, 15) is 9.90 Å². The number of aromatic amines is 1. The fourth-order valence-electron chi connectivity index (χ4n) is 3.08. The van der Waals surface area contributed by atoms with E-state index in [1.165, 1.54) is 0 Å². The zero-order chi connectivity index (χ0) is 18.0. The van der Waals surface area contributed by atoms with E-state index >= 15 is 0 Å². The molecule has 0 fully saturated rings. The van der Waals surface area contributed by atoms with Crippen LogP contribution in [-0.2, 0) is 11.2 Å². The van der Waals surface area contributed by atoms with Crippen LogP contribution in [0.4, 0.5) is 0 Å². The first kappa shape index (κ1) is 16.8. The summed E-state index contributed by atoms with van der Waals surface area (Å²) in [7, 11) is 3.14. The number of aliphatic carboxylic acids is 1. The Bertz CT molecular complexity index is 950. The zero-order valence-electron chi connectivity index (χ0n) is 14.4. The Balaban J connectivity index is 2.28. The number of aryl methyl sites for hydroxylation is 1. The Morgan fingerprint density at radius 2 is 1.80 bits per heavy atom. The lowest BCUT2D eigenvalue weighted by atomic mass is 9.95. The minimum absolute atomic E-state index is 0.170. The number of fused-ring (bicyclic) bond motifs is 1. The fraction of sp³-hybridized carbons (Fsp3) is 0.200. The molecule has 1 N–H and O–H groups in total. The van der Waals surface area contributed by atoms with Crippen LogP contribution in [0.5, 0.6) is 11.5 Å². The third kappa shape index (κ3) is 3.13. The number of methoxy groups -OCH3 is 2. The molecule has 5 nitrogen and oxygen atoms in total. The first-order valence-electron chi connectivity index (χ1n) is 7.91. The number of carboxylic acids is 1. The van der Waals surface area contributed by atoms with Gasteiger partial charge >= 0.3 is 0 Å². The zero-order valence-corrected chi connectivity index (χ0v) is 14.4. The van der Waals surface area contributed by atoms with E-state index in [-0.39, 0.29) is 6.42 Å². The maximum Gasteiger partial charge on any atom is 0.215 e. The maximum atomic E-state index is 11.3. The summed E-state index contributed by atoms with van der Waals surface area (Å²) in [5, 5.41) is 12.3. The average Bonchev–Trinajstić information content (AvgIpc) is 2.63. The SMILES string of the molecule is COc1ccc(-c2[nH+]c3ccccc3c(C)c2CC(=O)[O-])cc1OC. The Labute approximate surface area is 145 Å². The molecule has 0 aliphatic carbocycles. The molecule has 3 rings (SSSR count).